The molecule has 0 aromatic heterocycles. The first-order valence-corrected chi connectivity index (χ1v) is 15.7. The van der Waals surface area contributed by atoms with Gasteiger partial charge in [-0.25, -0.2) is 0 Å². The SMILES string of the molecule is c1ccc(O[C@@H]2O[C@@H]3CO[C@@H](c4ccccc4)O[C@H]3[C@@H]3OCCOCCN(C4CCCCC4)CCOCCO[C@@H]23)cc1. The van der Waals surface area contributed by atoms with E-state index in [0.29, 0.717) is 58.0 Å². The number of rotatable bonds is 4. The van der Waals surface area contributed by atoms with E-state index < -0.39 is 30.9 Å². The molecule has 3 heterocycles. The summed E-state index contributed by atoms with van der Waals surface area (Å²) in [7, 11) is 0. The lowest BCUT2D eigenvalue weighted by atomic mass is 9.94. The molecule has 1 aliphatic carbocycles. The van der Waals surface area contributed by atoms with Crippen LogP contribution in [0.5, 0.6) is 5.75 Å². The zero-order valence-corrected chi connectivity index (χ0v) is 24.4. The second-order valence-electron chi connectivity index (χ2n) is 11.4. The first kappa shape index (κ1) is 30.0. The van der Waals surface area contributed by atoms with E-state index in [-0.39, 0.29) is 6.10 Å². The molecule has 4 fully saturated rings. The van der Waals surface area contributed by atoms with Crippen LogP contribution in [0.4, 0.5) is 0 Å². The van der Waals surface area contributed by atoms with Crippen LogP contribution in [0.25, 0.3) is 0 Å². The molecule has 230 valence electrons. The van der Waals surface area contributed by atoms with Crippen LogP contribution in [-0.2, 0) is 33.2 Å². The van der Waals surface area contributed by atoms with E-state index >= 15 is 0 Å². The number of ether oxygens (including phenoxy) is 8. The van der Waals surface area contributed by atoms with Crippen molar-refractivity contribution < 1.29 is 37.9 Å². The molecular weight excluding hydrogens is 538 g/mol. The molecule has 6 rings (SSSR count). The zero-order valence-electron chi connectivity index (χ0n) is 24.4. The fourth-order valence-electron chi connectivity index (χ4n) is 6.40. The van der Waals surface area contributed by atoms with Gasteiger partial charge in [0.05, 0.1) is 46.2 Å². The Kier molecular flexibility index (Phi) is 11.1. The van der Waals surface area contributed by atoms with Crippen molar-refractivity contribution in [2.45, 2.75) is 75.1 Å². The fourth-order valence-corrected chi connectivity index (χ4v) is 6.40. The Morgan fingerprint density at radius 3 is 2.00 bits per heavy atom. The summed E-state index contributed by atoms with van der Waals surface area (Å²) < 4.78 is 50.6. The van der Waals surface area contributed by atoms with Crippen LogP contribution >= 0.6 is 0 Å². The normalized spacial score (nSPS) is 33.0. The standard InChI is InChI=1S/C33H45NO8/c1-4-10-25(11-5-1)32-39-24-28-29(42-32)30-31(33(41-28)40-27-14-8-3-9-15-27)38-23-21-36-19-17-34(16-18-35-20-22-37-30)26-12-6-2-7-13-26/h1,3-5,8-11,14-15,26,28-33H,2,6-7,12-13,16-24H2/t28-,29-,30+,31-,32-,33-/m1/s1. The maximum atomic E-state index is 6.54. The van der Waals surface area contributed by atoms with Gasteiger partial charge >= 0.3 is 0 Å². The van der Waals surface area contributed by atoms with E-state index in [9.17, 15) is 0 Å². The highest BCUT2D eigenvalue weighted by Gasteiger charge is 2.52. The smallest absolute Gasteiger partial charge is 0.229 e. The van der Waals surface area contributed by atoms with Gasteiger partial charge in [-0.3, -0.25) is 4.90 Å². The Labute approximate surface area is 249 Å². The van der Waals surface area contributed by atoms with Crippen molar-refractivity contribution in [3.63, 3.8) is 0 Å². The Balaban J connectivity index is 1.17. The van der Waals surface area contributed by atoms with Gasteiger partial charge in [-0.05, 0) is 25.0 Å². The van der Waals surface area contributed by atoms with Crippen LogP contribution in [0.15, 0.2) is 60.7 Å². The van der Waals surface area contributed by atoms with Gasteiger partial charge in [-0.1, -0.05) is 67.8 Å². The third-order valence-corrected chi connectivity index (χ3v) is 8.56. The van der Waals surface area contributed by atoms with Crippen LogP contribution in [-0.4, -0.2) is 101 Å². The summed E-state index contributed by atoms with van der Waals surface area (Å²) in [5, 5.41) is 0. The van der Waals surface area contributed by atoms with Crippen molar-refractivity contribution in [3.05, 3.63) is 66.2 Å². The number of hydrogen-bond acceptors (Lipinski definition) is 9. The molecule has 2 aromatic rings. The fraction of sp³-hybridized carbons (Fsp3) is 0.636. The average Bonchev–Trinajstić information content (AvgIpc) is 3.05. The quantitative estimate of drug-likeness (QED) is 0.522. The molecule has 0 unspecified atom stereocenters. The van der Waals surface area contributed by atoms with Crippen molar-refractivity contribution in [3.8, 4) is 5.75 Å². The molecule has 6 atom stereocenters. The summed E-state index contributed by atoms with van der Waals surface area (Å²) in [6.07, 6.45) is 3.44. The van der Waals surface area contributed by atoms with E-state index in [1.54, 1.807) is 0 Å². The molecule has 0 amide bonds. The van der Waals surface area contributed by atoms with Gasteiger partial charge in [0.2, 0.25) is 6.29 Å². The van der Waals surface area contributed by atoms with Gasteiger partial charge in [0.25, 0.3) is 0 Å². The minimum Gasteiger partial charge on any atom is -0.462 e. The zero-order chi connectivity index (χ0) is 28.4. The maximum Gasteiger partial charge on any atom is 0.229 e. The molecule has 3 saturated heterocycles. The van der Waals surface area contributed by atoms with Gasteiger partial charge in [-0.15, -0.1) is 0 Å². The molecule has 1 saturated carbocycles. The van der Waals surface area contributed by atoms with Crippen LogP contribution in [0, 0.1) is 0 Å². The highest BCUT2D eigenvalue weighted by atomic mass is 16.8. The molecule has 9 nitrogen and oxygen atoms in total. The summed E-state index contributed by atoms with van der Waals surface area (Å²) in [5.41, 5.74) is 0.951. The van der Waals surface area contributed by atoms with Crippen molar-refractivity contribution in [1.29, 1.82) is 0 Å². The largest absolute Gasteiger partial charge is 0.462 e. The molecule has 4 aliphatic rings. The number of benzene rings is 2. The molecule has 0 N–H and O–H groups in total. The Hall–Kier alpha value is -2.08. The minimum absolute atomic E-state index is 0.349. The lowest BCUT2D eigenvalue weighted by molar-refractivity contribution is -0.360. The first-order chi connectivity index (χ1) is 20.8. The summed E-state index contributed by atoms with van der Waals surface area (Å²) in [4.78, 5) is 2.54. The van der Waals surface area contributed by atoms with Crippen LogP contribution in [0.1, 0.15) is 44.0 Å². The van der Waals surface area contributed by atoms with Gasteiger partial charge in [0.1, 0.15) is 30.2 Å². The van der Waals surface area contributed by atoms with E-state index in [1.165, 1.54) is 32.1 Å². The van der Waals surface area contributed by atoms with E-state index in [0.717, 1.165) is 18.7 Å². The third-order valence-electron chi connectivity index (χ3n) is 8.56. The van der Waals surface area contributed by atoms with Crippen LogP contribution < -0.4 is 4.74 Å². The van der Waals surface area contributed by atoms with Crippen LogP contribution in [0.3, 0.4) is 0 Å². The Bertz CT molecular complexity index is 1040. The molecule has 2 aromatic carbocycles. The van der Waals surface area contributed by atoms with Gasteiger partial charge in [-0.2, -0.15) is 0 Å². The molecule has 9 heteroatoms. The number of nitrogens with zero attached hydrogens (tertiary/aromatic N) is 1. The molecule has 0 spiro atoms. The highest BCUT2D eigenvalue weighted by Crippen LogP contribution is 2.37. The maximum absolute atomic E-state index is 6.54. The molecule has 0 bridgehead atoms. The van der Waals surface area contributed by atoms with Gasteiger partial charge in [0, 0.05) is 24.7 Å². The summed E-state index contributed by atoms with van der Waals surface area (Å²) in [6, 6.07) is 20.2. The third kappa shape index (κ3) is 7.89. The lowest BCUT2D eigenvalue weighted by Gasteiger charge is -2.48. The van der Waals surface area contributed by atoms with Crippen molar-refractivity contribution in [2.24, 2.45) is 0 Å². The average molecular weight is 584 g/mol. The van der Waals surface area contributed by atoms with E-state index in [1.807, 2.05) is 60.7 Å². The van der Waals surface area contributed by atoms with E-state index in [4.69, 9.17) is 37.9 Å². The summed E-state index contributed by atoms with van der Waals surface area (Å²) in [6.45, 7) is 5.24. The van der Waals surface area contributed by atoms with Crippen LogP contribution in [0.2, 0.25) is 0 Å². The number of para-hydroxylation sites is 1. The molecular formula is C33H45NO8. The summed E-state index contributed by atoms with van der Waals surface area (Å²) >= 11 is 0. The Morgan fingerprint density at radius 2 is 1.29 bits per heavy atom. The predicted octanol–water partition coefficient (Wildman–Crippen LogP) is 4.36. The van der Waals surface area contributed by atoms with Gasteiger partial charge < -0.3 is 37.9 Å². The first-order valence-electron chi connectivity index (χ1n) is 15.7. The van der Waals surface area contributed by atoms with Crippen molar-refractivity contribution >= 4 is 0 Å². The molecule has 0 radical (unpaired) electrons. The number of fused-ring (bicyclic) bond motifs is 3. The summed E-state index contributed by atoms with van der Waals surface area (Å²) in [5.74, 6) is 0.696. The number of hydrogen-bond donors (Lipinski definition) is 0. The monoisotopic (exact) mass is 583 g/mol. The van der Waals surface area contributed by atoms with E-state index in [2.05, 4.69) is 4.90 Å². The topological polar surface area (TPSA) is 77.1 Å². The lowest BCUT2D eigenvalue weighted by Crippen LogP contribution is -2.64. The van der Waals surface area contributed by atoms with Crippen molar-refractivity contribution in [2.75, 3.05) is 59.3 Å². The second-order valence-corrected chi connectivity index (χ2v) is 11.4. The minimum atomic E-state index is -0.711. The predicted molar refractivity (Wildman–Crippen MR) is 155 cm³/mol. The highest BCUT2D eigenvalue weighted by molar-refractivity contribution is 5.21. The molecule has 42 heavy (non-hydrogen) atoms. The van der Waals surface area contributed by atoms with Crippen molar-refractivity contribution in [1.82, 2.24) is 4.90 Å². The molecule has 3 aliphatic heterocycles. The van der Waals surface area contributed by atoms with Gasteiger partial charge in [0.15, 0.2) is 6.29 Å². The second kappa shape index (κ2) is 15.6. The Morgan fingerprint density at radius 1 is 0.619 bits per heavy atom.